The molecule has 1 fully saturated rings. The number of aliphatic imine (C=N–C) groups is 1. The average molecular weight is 412 g/mol. The second-order valence-corrected chi connectivity index (χ2v) is 8.52. The summed E-state index contributed by atoms with van der Waals surface area (Å²) in [4.78, 5) is 9.03. The van der Waals surface area contributed by atoms with Crippen molar-refractivity contribution in [3.63, 3.8) is 0 Å². The predicted molar refractivity (Wildman–Crippen MR) is 115 cm³/mol. The molecule has 6 nitrogen and oxygen atoms in total. The summed E-state index contributed by atoms with van der Waals surface area (Å²) in [7, 11) is 4.13. The van der Waals surface area contributed by atoms with Crippen LogP contribution >= 0.6 is 0 Å². The second-order valence-electron chi connectivity index (χ2n) is 8.52. The van der Waals surface area contributed by atoms with Gasteiger partial charge in [0.25, 0.3) is 0 Å². The molecule has 1 aromatic carbocycles. The number of halogens is 2. The Bertz CT molecular complexity index is 666. The van der Waals surface area contributed by atoms with E-state index in [2.05, 4.69) is 53.1 Å². The fraction of sp³-hybridized carbons (Fsp3) is 0.667. The largest absolute Gasteiger partial charge is 0.433 e. The highest BCUT2D eigenvalue weighted by Crippen LogP contribution is 2.31. The molecule has 1 aliphatic heterocycles. The summed E-state index contributed by atoms with van der Waals surface area (Å²) in [5.41, 5.74) is 0.769. The molecule has 0 radical (unpaired) electrons. The van der Waals surface area contributed by atoms with E-state index in [4.69, 9.17) is 4.99 Å². The third-order valence-corrected chi connectivity index (χ3v) is 4.70. The average Bonchev–Trinajstić information content (AvgIpc) is 3.07. The van der Waals surface area contributed by atoms with Gasteiger partial charge in [0, 0.05) is 38.8 Å². The van der Waals surface area contributed by atoms with Crippen LogP contribution in [0.15, 0.2) is 29.3 Å². The minimum absolute atomic E-state index is 0.0686. The molecule has 0 bridgehead atoms. The van der Waals surface area contributed by atoms with E-state index in [1.165, 1.54) is 0 Å². The van der Waals surface area contributed by atoms with Crippen LogP contribution in [0.25, 0.3) is 0 Å². The Hall–Kier alpha value is -2.09. The SMILES string of the molecule is CCNC(=NCC(C)(C)CN(C)C)NC1CCN(c2ccccc2OC(F)F)C1. The molecule has 1 heterocycles. The van der Waals surface area contributed by atoms with Gasteiger partial charge >= 0.3 is 6.61 Å². The first-order chi connectivity index (χ1) is 13.7. The van der Waals surface area contributed by atoms with Crippen molar-refractivity contribution in [2.45, 2.75) is 39.8 Å². The van der Waals surface area contributed by atoms with Gasteiger partial charge in [-0.25, -0.2) is 0 Å². The highest BCUT2D eigenvalue weighted by Gasteiger charge is 2.26. The molecule has 1 unspecified atom stereocenters. The maximum atomic E-state index is 12.7. The molecular weight excluding hydrogens is 376 g/mol. The lowest BCUT2D eigenvalue weighted by Crippen LogP contribution is -2.45. The van der Waals surface area contributed by atoms with Gasteiger partial charge in [0.2, 0.25) is 0 Å². The topological polar surface area (TPSA) is 52.1 Å². The van der Waals surface area contributed by atoms with E-state index in [-0.39, 0.29) is 17.2 Å². The summed E-state index contributed by atoms with van der Waals surface area (Å²) >= 11 is 0. The van der Waals surface area contributed by atoms with Crippen LogP contribution < -0.4 is 20.3 Å². The van der Waals surface area contributed by atoms with Gasteiger partial charge in [-0.05, 0) is 45.0 Å². The Kier molecular flexibility index (Phi) is 8.49. The van der Waals surface area contributed by atoms with Crippen molar-refractivity contribution >= 4 is 11.6 Å². The number of hydrogen-bond donors (Lipinski definition) is 2. The van der Waals surface area contributed by atoms with Crippen molar-refractivity contribution in [3.05, 3.63) is 24.3 Å². The van der Waals surface area contributed by atoms with Crippen LogP contribution in [-0.2, 0) is 0 Å². The first-order valence-electron chi connectivity index (χ1n) is 10.2. The van der Waals surface area contributed by atoms with E-state index in [0.29, 0.717) is 18.8 Å². The van der Waals surface area contributed by atoms with Gasteiger partial charge in [-0.2, -0.15) is 8.78 Å². The Morgan fingerprint density at radius 2 is 2.07 bits per heavy atom. The van der Waals surface area contributed by atoms with Crippen LogP contribution in [0.1, 0.15) is 27.2 Å². The minimum Gasteiger partial charge on any atom is -0.433 e. The molecule has 8 heteroatoms. The summed E-state index contributed by atoms with van der Waals surface area (Å²) in [6, 6.07) is 7.14. The summed E-state index contributed by atoms with van der Waals surface area (Å²) in [6.07, 6.45) is 0.897. The summed E-state index contributed by atoms with van der Waals surface area (Å²) in [5, 5.41) is 6.81. The molecular formula is C21H35F2N5O. The molecule has 0 spiro atoms. The number of hydrogen-bond acceptors (Lipinski definition) is 4. The van der Waals surface area contributed by atoms with Crippen molar-refractivity contribution in [1.82, 2.24) is 15.5 Å². The zero-order chi connectivity index (χ0) is 21.4. The zero-order valence-corrected chi connectivity index (χ0v) is 18.2. The fourth-order valence-electron chi connectivity index (χ4n) is 3.72. The van der Waals surface area contributed by atoms with Crippen molar-refractivity contribution in [2.75, 3.05) is 51.7 Å². The Morgan fingerprint density at radius 1 is 1.34 bits per heavy atom. The van der Waals surface area contributed by atoms with Crippen molar-refractivity contribution < 1.29 is 13.5 Å². The van der Waals surface area contributed by atoms with Gasteiger partial charge < -0.3 is 25.2 Å². The second kappa shape index (κ2) is 10.6. The third kappa shape index (κ3) is 7.68. The Morgan fingerprint density at radius 3 is 2.72 bits per heavy atom. The molecule has 2 N–H and O–H groups in total. The number of guanidine groups is 1. The van der Waals surface area contributed by atoms with Gasteiger partial charge in [-0.1, -0.05) is 26.0 Å². The molecule has 164 valence electrons. The van der Waals surface area contributed by atoms with Crippen molar-refractivity contribution in [3.8, 4) is 5.75 Å². The molecule has 1 saturated heterocycles. The highest BCUT2D eigenvalue weighted by atomic mass is 19.3. The van der Waals surface area contributed by atoms with Crippen LogP contribution in [0, 0.1) is 5.41 Å². The smallest absolute Gasteiger partial charge is 0.387 e. The number of nitrogens with one attached hydrogen (secondary N) is 2. The fourth-order valence-corrected chi connectivity index (χ4v) is 3.72. The number of para-hydroxylation sites is 2. The highest BCUT2D eigenvalue weighted by molar-refractivity contribution is 5.80. The van der Waals surface area contributed by atoms with E-state index in [1.54, 1.807) is 12.1 Å². The van der Waals surface area contributed by atoms with Crippen LogP contribution in [-0.4, -0.2) is 70.3 Å². The lowest BCUT2D eigenvalue weighted by Gasteiger charge is -2.27. The first kappa shape index (κ1) is 23.2. The Balaban J connectivity index is 2.00. The first-order valence-corrected chi connectivity index (χ1v) is 10.2. The zero-order valence-electron chi connectivity index (χ0n) is 18.2. The number of anilines is 1. The van der Waals surface area contributed by atoms with E-state index in [1.807, 2.05) is 19.1 Å². The van der Waals surface area contributed by atoms with Crippen LogP contribution in [0.3, 0.4) is 0 Å². The third-order valence-electron chi connectivity index (χ3n) is 4.70. The molecule has 0 aliphatic carbocycles. The van der Waals surface area contributed by atoms with Crippen molar-refractivity contribution in [2.24, 2.45) is 10.4 Å². The lowest BCUT2D eigenvalue weighted by atomic mass is 9.93. The molecule has 1 aromatic rings. The van der Waals surface area contributed by atoms with Gasteiger partial charge in [0.1, 0.15) is 5.75 Å². The number of benzene rings is 1. The van der Waals surface area contributed by atoms with E-state index >= 15 is 0 Å². The normalized spacial score (nSPS) is 17.9. The van der Waals surface area contributed by atoms with Crippen LogP contribution in [0.4, 0.5) is 14.5 Å². The van der Waals surface area contributed by atoms with E-state index in [0.717, 1.165) is 32.0 Å². The predicted octanol–water partition coefficient (Wildman–Crippen LogP) is 3.01. The number of ether oxygens (including phenoxy) is 1. The molecule has 2 rings (SSSR count). The maximum Gasteiger partial charge on any atom is 0.387 e. The Labute approximate surface area is 173 Å². The summed E-state index contributed by atoms with van der Waals surface area (Å²) in [6.45, 7) is 7.54. The van der Waals surface area contributed by atoms with E-state index in [9.17, 15) is 8.78 Å². The number of rotatable bonds is 9. The standard InChI is InChI=1S/C21H35F2N5O/c1-6-24-20(25-14-21(2,3)15-27(4)5)26-16-11-12-28(13-16)17-9-7-8-10-18(17)29-19(22)23/h7-10,16,19H,6,11-15H2,1-5H3,(H2,24,25,26). The number of alkyl halides is 2. The number of nitrogens with zero attached hydrogens (tertiary/aromatic N) is 3. The van der Waals surface area contributed by atoms with Crippen LogP contribution in [0.5, 0.6) is 5.75 Å². The molecule has 0 aromatic heterocycles. The molecule has 0 saturated carbocycles. The van der Waals surface area contributed by atoms with Gasteiger partial charge in [-0.3, -0.25) is 4.99 Å². The monoisotopic (exact) mass is 411 g/mol. The van der Waals surface area contributed by atoms with E-state index < -0.39 is 6.61 Å². The maximum absolute atomic E-state index is 12.7. The van der Waals surface area contributed by atoms with Crippen molar-refractivity contribution in [1.29, 1.82) is 0 Å². The quantitative estimate of drug-likeness (QED) is 0.483. The minimum atomic E-state index is -2.83. The molecule has 0 amide bonds. The summed E-state index contributed by atoms with van der Waals surface area (Å²) < 4.78 is 30.1. The molecule has 29 heavy (non-hydrogen) atoms. The van der Waals surface area contributed by atoms with Gasteiger partial charge in [0.05, 0.1) is 5.69 Å². The van der Waals surface area contributed by atoms with Gasteiger partial charge in [-0.15, -0.1) is 0 Å². The van der Waals surface area contributed by atoms with Gasteiger partial charge in [0.15, 0.2) is 5.96 Å². The van der Waals surface area contributed by atoms with Crippen LogP contribution in [0.2, 0.25) is 0 Å². The summed E-state index contributed by atoms with van der Waals surface area (Å²) in [5.74, 6) is 1.01. The molecule has 1 atom stereocenters. The molecule has 1 aliphatic rings. The lowest BCUT2D eigenvalue weighted by molar-refractivity contribution is -0.0495.